The third-order valence-corrected chi connectivity index (χ3v) is 1.70. The second-order valence-corrected chi connectivity index (χ2v) is 3.08. The van der Waals surface area contributed by atoms with E-state index >= 15 is 0 Å². The van der Waals surface area contributed by atoms with Gasteiger partial charge < -0.3 is 4.74 Å². The Morgan fingerprint density at radius 3 is 2.07 bits per heavy atom. The van der Waals surface area contributed by atoms with Gasteiger partial charge in [0.05, 0.1) is 0 Å². The lowest BCUT2D eigenvalue weighted by Gasteiger charge is -1.86. The number of para-hydroxylation sites is 1. The van der Waals surface area contributed by atoms with Gasteiger partial charge in [-0.1, -0.05) is 18.2 Å². The number of hydrogen-bond donors (Lipinski definition) is 1. The SMILES string of the molecule is CCOCC.O=[P+](O)Oc1ccccc1. The van der Waals surface area contributed by atoms with E-state index in [1.807, 2.05) is 13.8 Å². The molecular weight excluding hydrogens is 215 g/mol. The molecule has 1 aromatic carbocycles. The highest BCUT2D eigenvalue weighted by Crippen LogP contribution is 2.21. The van der Waals surface area contributed by atoms with Crippen LogP contribution >= 0.6 is 8.25 Å². The van der Waals surface area contributed by atoms with E-state index in [0.29, 0.717) is 5.75 Å². The van der Waals surface area contributed by atoms with E-state index in [4.69, 9.17) is 9.63 Å². The van der Waals surface area contributed by atoms with Crippen molar-refractivity contribution in [2.24, 2.45) is 0 Å². The standard InChI is InChI=1S/C6H5O3P.C4H10O/c7-10(8)9-6-4-2-1-3-5-6;1-3-5-4-2/h1-5H;3-4H2,1-2H3/p+1. The first-order chi connectivity index (χ1) is 7.20. The van der Waals surface area contributed by atoms with E-state index < -0.39 is 8.25 Å². The van der Waals surface area contributed by atoms with Gasteiger partial charge in [0.25, 0.3) is 0 Å². The molecule has 0 amide bonds. The smallest absolute Gasteiger partial charge is 0.382 e. The van der Waals surface area contributed by atoms with Gasteiger partial charge in [0.2, 0.25) is 0 Å². The molecule has 1 rings (SSSR count). The molecule has 0 radical (unpaired) electrons. The predicted octanol–water partition coefficient (Wildman–Crippen LogP) is 2.76. The molecular formula is C10H16O4P+. The van der Waals surface area contributed by atoms with Crippen LogP contribution in [-0.4, -0.2) is 18.1 Å². The van der Waals surface area contributed by atoms with Crippen LogP contribution in [0.4, 0.5) is 0 Å². The van der Waals surface area contributed by atoms with Crippen LogP contribution < -0.4 is 4.52 Å². The van der Waals surface area contributed by atoms with Gasteiger partial charge in [-0.2, -0.15) is 0 Å². The Labute approximate surface area is 90.8 Å². The van der Waals surface area contributed by atoms with Crippen molar-refractivity contribution in [1.29, 1.82) is 0 Å². The van der Waals surface area contributed by atoms with Crippen molar-refractivity contribution in [2.75, 3.05) is 13.2 Å². The highest BCUT2D eigenvalue weighted by molar-refractivity contribution is 7.32. The molecule has 0 aromatic heterocycles. The van der Waals surface area contributed by atoms with Gasteiger partial charge in [-0.15, -0.1) is 4.89 Å². The van der Waals surface area contributed by atoms with E-state index in [0.717, 1.165) is 13.2 Å². The molecule has 84 valence electrons. The van der Waals surface area contributed by atoms with Crippen LogP contribution in [0.5, 0.6) is 5.75 Å². The number of rotatable bonds is 4. The third-order valence-electron chi connectivity index (χ3n) is 1.33. The molecule has 0 aliphatic rings. The summed E-state index contributed by atoms with van der Waals surface area (Å²) in [6, 6.07) is 8.49. The van der Waals surface area contributed by atoms with Gasteiger partial charge in [0.15, 0.2) is 5.75 Å². The van der Waals surface area contributed by atoms with Gasteiger partial charge in [0.1, 0.15) is 0 Å². The van der Waals surface area contributed by atoms with E-state index in [-0.39, 0.29) is 0 Å². The predicted molar refractivity (Wildman–Crippen MR) is 59.1 cm³/mol. The van der Waals surface area contributed by atoms with Crippen molar-refractivity contribution in [3.63, 3.8) is 0 Å². The summed E-state index contributed by atoms with van der Waals surface area (Å²) in [5, 5.41) is 0. The monoisotopic (exact) mass is 231 g/mol. The molecule has 0 aliphatic carbocycles. The Balaban J connectivity index is 0.000000336. The molecule has 5 heteroatoms. The number of hydrogen-bond acceptors (Lipinski definition) is 3. The van der Waals surface area contributed by atoms with Crippen LogP contribution in [-0.2, 0) is 9.30 Å². The minimum absolute atomic E-state index is 0.408. The first-order valence-corrected chi connectivity index (χ1v) is 5.80. The highest BCUT2D eigenvalue weighted by atomic mass is 31.1. The van der Waals surface area contributed by atoms with Crippen molar-refractivity contribution < 1.29 is 18.7 Å². The normalized spacial score (nSPS) is 9.93. The Bertz CT molecular complexity index is 261. The zero-order valence-corrected chi connectivity index (χ0v) is 9.81. The molecule has 0 bridgehead atoms. The van der Waals surface area contributed by atoms with Crippen molar-refractivity contribution in [2.45, 2.75) is 13.8 Å². The van der Waals surface area contributed by atoms with Crippen molar-refractivity contribution in [3.05, 3.63) is 30.3 Å². The first-order valence-electron chi connectivity index (χ1n) is 4.67. The summed E-state index contributed by atoms with van der Waals surface area (Å²) in [5.41, 5.74) is 0. The second-order valence-electron chi connectivity index (χ2n) is 2.42. The molecule has 4 nitrogen and oxygen atoms in total. The molecule has 1 N–H and O–H groups in total. The largest absolute Gasteiger partial charge is 0.747 e. The zero-order chi connectivity index (χ0) is 11.5. The Morgan fingerprint density at radius 2 is 1.73 bits per heavy atom. The van der Waals surface area contributed by atoms with Crippen LogP contribution in [0.15, 0.2) is 30.3 Å². The lowest BCUT2D eigenvalue weighted by atomic mass is 10.3. The van der Waals surface area contributed by atoms with Crippen LogP contribution in [0.1, 0.15) is 13.8 Å². The summed E-state index contributed by atoms with van der Waals surface area (Å²) in [7, 11) is -2.53. The molecule has 1 aromatic rings. The fraction of sp³-hybridized carbons (Fsp3) is 0.400. The summed E-state index contributed by atoms with van der Waals surface area (Å²) in [4.78, 5) is 8.29. The van der Waals surface area contributed by atoms with Crippen molar-refractivity contribution in [1.82, 2.24) is 0 Å². The lowest BCUT2D eigenvalue weighted by Crippen LogP contribution is -1.84. The maximum atomic E-state index is 10.1. The maximum absolute atomic E-state index is 10.1. The van der Waals surface area contributed by atoms with E-state index in [1.165, 1.54) is 0 Å². The fourth-order valence-corrected chi connectivity index (χ4v) is 1.08. The van der Waals surface area contributed by atoms with Gasteiger partial charge in [-0.05, 0) is 26.0 Å². The topological polar surface area (TPSA) is 55.8 Å². The summed E-state index contributed by atoms with van der Waals surface area (Å²) in [6.07, 6.45) is 0. The van der Waals surface area contributed by atoms with Gasteiger partial charge in [-0.25, -0.2) is 4.52 Å². The molecule has 0 fully saturated rings. The fourth-order valence-electron chi connectivity index (χ4n) is 0.776. The van der Waals surface area contributed by atoms with E-state index in [9.17, 15) is 4.57 Å². The molecule has 0 saturated heterocycles. The first kappa shape index (κ1) is 14.0. The summed E-state index contributed by atoms with van der Waals surface area (Å²) >= 11 is 0. The Morgan fingerprint density at radius 1 is 1.20 bits per heavy atom. The molecule has 0 heterocycles. The molecule has 15 heavy (non-hydrogen) atoms. The van der Waals surface area contributed by atoms with Crippen molar-refractivity contribution in [3.8, 4) is 5.75 Å². The Hall–Kier alpha value is -0.960. The number of ether oxygens (including phenoxy) is 1. The summed E-state index contributed by atoms with van der Waals surface area (Å²) in [5.74, 6) is 0.408. The highest BCUT2D eigenvalue weighted by Gasteiger charge is 2.12. The van der Waals surface area contributed by atoms with E-state index in [1.54, 1.807) is 30.3 Å². The van der Waals surface area contributed by atoms with Gasteiger partial charge >= 0.3 is 8.25 Å². The van der Waals surface area contributed by atoms with Crippen LogP contribution in [0.2, 0.25) is 0 Å². The second kappa shape index (κ2) is 9.59. The van der Waals surface area contributed by atoms with Crippen LogP contribution in [0, 0.1) is 0 Å². The zero-order valence-electron chi connectivity index (χ0n) is 8.92. The van der Waals surface area contributed by atoms with Gasteiger partial charge in [-0.3, -0.25) is 0 Å². The average molecular weight is 231 g/mol. The molecule has 0 spiro atoms. The minimum atomic E-state index is -2.53. The average Bonchev–Trinajstić information content (AvgIpc) is 2.20. The molecule has 0 aliphatic heterocycles. The lowest BCUT2D eigenvalue weighted by molar-refractivity contribution is 0.162. The Kier molecular flexibility index (Phi) is 8.98. The molecule has 0 saturated carbocycles. The summed E-state index contributed by atoms with van der Waals surface area (Å²) < 4.78 is 19.4. The minimum Gasteiger partial charge on any atom is -0.382 e. The van der Waals surface area contributed by atoms with Crippen LogP contribution in [0.25, 0.3) is 0 Å². The molecule has 1 unspecified atom stereocenters. The maximum Gasteiger partial charge on any atom is 0.747 e. The third kappa shape index (κ3) is 9.35. The number of benzene rings is 1. The quantitative estimate of drug-likeness (QED) is 0.809. The van der Waals surface area contributed by atoms with Crippen molar-refractivity contribution >= 4 is 8.25 Å². The summed E-state index contributed by atoms with van der Waals surface area (Å²) in [6.45, 7) is 5.67. The van der Waals surface area contributed by atoms with Gasteiger partial charge in [0, 0.05) is 17.8 Å². The molecule has 1 atom stereocenters. The van der Waals surface area contributed by atoms with E-state index in [2.05, 4.69) is 4.52 Å². The van der Waals surface area contributed by atoms with Crippen LogP contribution in [0.3, 0.4) is 0 Å².